The van der Waals surface area contributed by atoms with Gasteiger partial charge in [0.2, 0.25) is 0 Å². The third-order valence-electron chi connectivity index (χ3n) is 5.90. The molecule has 1 fully saturated rings. The van der Waals surface area contributed by atoms with Crippen molar-refractivity contribution in [2.24, 2.45) is 0 Å². The van der Waals surface area contributed by atoms with Crippen LogP contribution < -0.4 is 4.90 Å². The number of halogens is 1. The predicted molar refractivity (Wildman–Crippen MR) is 109 cm³/mol. The normalized spacial score (nSPS) is 20.5. The summed E-state index contributed by atoms with van der Waals surface area (Å²) in [5.41, 5.74) is 2.70. The van der Waals surface area contributed by atoms with E-state index in [1.54, 1.807) is 12.3 Å². The molecule has 0 saturated carbocycles. The van der Waals surface area contributed by atoms with E-state index in [0.29, 0.717) is 23.8 Å². The van der Waals surface area contributed by atoms with Gasteiger partial charge in [0.1, 0.15) is 10.7 Å². The maximum atomic E-state index is 13.1. The van der Waals surface area contributed by atoms with Gasteiger partial charge in [0.15, 0.2) is 5.82 Å². The topological polar surface area (TPSA) is 57.2 Å². The van der Waals surface area contributed by atoms with Gasteiger partial charge in [-0.05, 0) is 43.2 Å². The highest BCUT2D eigenvalue weighted by Gasteiger charge is 2.50. The van der Waals surface area contributed by atoms with E-state index < -0.39 is 0 Å². The third kappa shape index (κ3) is 2.41. The molecule has 7 heteroatoms. The molecule has 5 heterocycles. The molecule has 3 aromatic rings. The molecule has 28 heavy (non-hydrogen) atoms. The Morgan fingerprint density at radius 2 is 2.25 bits per heavy atom. The van der Waals surface area contributed by atoms with Crippen LogP contribution in [0.15, 0.2) is 48.9 Å². The molecule has 5 rings (SSSR count). The number of nitrogens with one attached hydrogen (secondary N) is 1. The Morgan fingerprint density at radius 3 is 3.04 bits per heavy atom. The number of hydrogen-bond donors (Lipinski definition) is 1. The highest BCUT2D eigenvalue weighted by molar-refractivity contribution is 6.29. The highest BCUT2D eigenvalue weighted by atomic mass is 35.5. The first-order chi connectivity index (χ1) is 13.6. The summed E-state index contributed by atoms with van der Waals surface area (Å²) in [6.07, 6.45) is 7.50. The van der Waals surface area contributed by atoms with Gasteiger partial charge < -0.3 is 19.4 Å². The molecular formula is C21H22ClN5O. The molecule has 3 aromatic heterocycles. The van der Waals surface area contributed by atoms with Crippen molar-refractivity contribution < 1.29 is 4.79 Å². The van der Waals surface area contributed by atoms with Crippen LogP contribution in [0, 0.1) is 0 Å². The van der Waals surface area contributed by atoms with Crippen molar-refractivity contribution in [1.29, 1.82) is 0 Å². The van der Waals surface area contributed by atoms with Crippen molar-refractivity contribution in [3.63, 3.8) is 0 Å². The van der Waals surface area contributed by atoms with Crippen LogP contribution in [0.2, 0.25) is 5.15 Å². The van der Waals surface area contributed by atoms with Gasteiger partial charge in [0.25, 0.3) is 5.91 Å². The fourth-order valence-corrected chi connectivity index (χ4v) is 4.90. The number of carbonyl (C=O) groups is 1. The number of carbonyl (C=O) groups excluding carboxylic acids is 1. The summed E-state index contributed by atoms with van der Waals surface area (Å²) in [5.74, 6) is 0.982. The van der Waals surface area contributed by atoms with Crippen molar-refractivity contribution in [1.82, 2.24) is 19.4 Å². The number of rotatable bonds is 3. The van der Waals surface area contributed by atoms with Gasteiger partial charge in [0.05, 0.1) is 16.9 Å². The molecule has 0 aromatic carbocycles. The van der Waals surface area contributed by atoms with E-state index in [1.807, 2.05) is 17.2 Å². The van der Waals surface area contributed by atoms with Crippen LogP contribution in [0.4, 0.5) is 5.69 Å². The minimum Gasteiger partial charge on any atom is -0.355 e. The van der Waals surface area contributed by atoms with Crippen molar-refractivity contribution in [2.45, 2.75) is 25.3 Å². The Hall–Kier alpha value is -2.73. The summed E-state index contributed by atoms with van der Waals surface area (Å²) in [6, 6.07) is 10.1. The van der Waals surface area contributed by atoms with E-state index >= 15 is 0 Å². The maximum absolute atomic E-state index is 13.1. The van der Waals surface area contributed by atoms with Crippen molar-refractivity contribution in [3.8, 4) is 5.82 Å². The molecule has 1 spiro atoms. The summed E-state index contributed by atoms with van der Waals surface area (Å²) in [4.78, 5) is 25.0. The first-order valence-electron chi connectivity index (χ1n) is 9.68. The molecule has 1 amide bonds. The van der Waals surface area contributed by atoms with Crippen LogP contribution in [-0.2, 0) is 5.54 Å². The van der Waals surface area contributed by atoms with Crippen LogP contribution in [0.5, 0.6) is 0 Å². The molecule has 2 aliphatic heterocycles. The lowest BCUT2D eigenvalue weighted by atomic mass is 9.88. The molecule has 6 nitrogen and oxygen atoms in total. The van der Waals surface area contributed by atoms with Gasteiger partial charge >= 0.3 is 0 Å². The van der Waals surface area contributed by atoms with Gasteiger partial charge in [-0.1, -0.05) is 18.5 Å². The lowest BCUT2D eigenvalue weighted by Crippen LogP contribution is -2.53. The first kappa shape index (κ1) is 17.4. The standard InChI is InChI=1S/C21H22ClN5O/c1-2-9-27-16-5-3-8-23-19(16)26-10-4-6-17(26)21(27)7-11-25(14-21)20(28)15-12-18(22)24-13-15/h3-6,8,10,12-13,24H,2,7,9,11,14H2,1H3/t21-/m0/s1. The summed E-state index contributed by atoms with van der Waals surface area (Å²) >= 11 is 5.98. The fourth-order valence-electron chi connectivity index (χ4n) is 4.73. The second kappa shape index (κ2) is 6.41. The number of pyridine rings is 1. The summed E-state index contributed by atoms with van der Waals surface area (Å²) < 4.78 is 2.18. The number of hydrogen-bond acceptors (Lipinski definition) is 3. The first-order valence-corrected chi connectivity index (χ1v) is 10.1. The van der Waals surface area contributed by atoms with Gasteiger partial charge in [-0.25, -0.2) is 4.98 Å². The van der Waals surface area contributed by atoms with E-state index in [1.165, 1.54) is 5.69 Å². The number of fused-ring (bicyclic) bond motifs is 4. The lowest BCUT2D eigenvalue weighted by molar-refractivity contribution is 0.0782. The molecule has 0 bridgehead atoms. The number of aromatic nitrogens is 3. The van der Waals surface area contributed by atoms with Crippen LogP contribution in [0.25, 0.3) is 5.82 Å². The van der Waals surface area contributed by atoms with E-state index in [-0.39, 0.29) is 11.4 Å². The van der Waals surface area contributed by atoms with E-state index in [0.717, 1.165) is 30.9 Å². The number of aromatic amines is 1. The average Bonchev–Trinajstić information content (AvgIpc) is 3.45. The van der Waals surface area contributed by atoms with Crippen LogP contribution in [0.1, 0.15) is 35.8 Å². The number of likely N-dealkylation sites (tertiary alicyclic amines) is 1. The largest absolute Gasteiger partial charge is 0.355 e. The zero-order valence-electron chi connectivity index (χ0n) is 15.7. The third-order valence-corrected chi connectivity index (χ3v) is 6.12. The van der Waals surface area contributed by atoms with Gasteiger partial charge in [-0.15, -0.1) is 0 Å². The smallest absolute Gasteiger partial charge is 0.255 e. The molecular weight excluding hydrogens is 374 g/mol. The number of amides is 1. The molecule has 0 unspecified atom stereocenters. The minimum absolute atomic E-state index is 0.0200. The lowest BCUT2D eigenvalue weighted by Gasteiger charge is -2.47. The fraction of sp³-hybridized carbons (Fsp3) is 0.333. The highest BCUT2D eigenvalue weighted by Crippen LogP contribution is 2.47. The number of H-pyrrole nitrogens is 1. The summed E-state index contributed by atoms with van der Waals surface area (Å²) in [5, 5.41) is 0.483. The van der Waals surface area contributed by atoms with E-state index in [4.69, 9.17) is 11.6 Å². The maximum Gasteiger partial charge on any atom is 0.255 e. The predicted octanol–water partition coefficient (Wildman–Crippen LogP) is 3.83. The Labute approximate surface area is 168 Å². The zero-order chi connectivity index (χ0) is 19.3. The second-order valence-electron chi connectivity index (χ2n) is 7.51. The zero-order valence-corrected chi connectivity index (χ0v) is 16.5. The number of anilines is 1. The van der Waals surface area contributed by atoms with Crippen molar-refractivity contribution in [2.75, 3.05) is 24.5 Å². The summed E-state index contributed by atoms with van der Waals surface area (Å²) in [7, 11) is 0. The van der Waals surface area contributed by atoms with Gasteiger partial charge in [-0.2, -0.15) is 0 Å². The van der Waals surface area contributed by atoms with Gasteiger partial charge in [0, 0.05) is 38.2 Å². The van der Waals surface area contributed by atoms with Crippen molar-refractivity contribution in [3.05, 3.63) is 65.3 Å². The molecule has 2 aliphatic rings. The van der Waals surface area contributed by atoms with Crippen LogP contribution in [0.3, 0.4) is 0 Å². The quantitative estimate of drug-likeness (QED) is 0.733. The molecule has 0 aliphatic carbocycles. The van der Waals surface area contributed by atoms with Gasteiger partial charge in [-0.3, -0.25) is 4.79 Å². The Kier molecular flexibility index (Phi) is 3.98. The summed E-state index contributed by atoms with van der Waals surface area (Å²) in [6.45, 7) is 4.47. The molecule has 1 atom stereocenters. The Morgan fingerprint density at radius 1 is 1.36 bits per heavy atom. The average molecular weight is 396 g/mol. The molecule has 1 saturated heterocycles. The minimum atomic E-state index is -0.245. The Balaban J connectivity index is 1.58. The SMILES string of the molecule is CCCN1c2cccnc2-n2cccc2[C@@]12CCN(C(=O)c1c[nH]c(Cl)c1)C2. The molecule has 0 radical (unpaired) electrons. The van der Waals surface area contributed by atoms with E-state index in [9.17, 15) is 4.79 Å². The van der Waals surface area contributed by atoms with Crippen molar-refractivity contribution >= 4 is 23.2 Å². The molecule has 1 N–H and O–H groups in total. The Bertz CT molecular complexity index is 1040. The van der Waals surface area contributed by atoms with Crippen LogP contribution in [-0.4, -0.2) is 45.0 Å². The second-order valence-corrected chi connectivity index (χ2v) is 7.91. The molecule has 144 valence electrons. The van der Waals surface area contributed by atoms with Crippen LogP contribution >= 0.6 is 11.6 Å². The monoisotopic (exact) mass is 395 g/mol. The van der Waals surface area contributed by atoms with E-state index in [2.05, 4.69) is 50.8 Å². The number of nitrogens with zero attached hydrogens (tertiary/aromatic N) is 4.